The Labute approximate surface area is 124 Å². The van der Waals surface area contributed by atoms with Crippen molar-refractivity contribution >= 4 is 0 Å². The van der Waals surface area contributed by atoms with Crippen molar-refractivity contribution in [2.45, 2.75) is 77.8 Å². The molecule has 2 heteroatoms. The first-order chi connectivity index (χ1) is 8.89. The molecule has 2 nitrogen and oxygen atoms in total. The van der Waals surface area contributed by atoms with Crippen molar-refractivity contribution in [2.24, 2.45) is 11.5 Å². The van der Waals surface area contributed by atoms with Crippen LogP contribution in [-0.4, -0.2) is 0 Å². The summed E-state index contributed by atoms with van der Waals surface area (Å²) in [5, 5.41) is 0. The minimum atomic E-state index is -0.742. The van der Waals surface area contributed by atoms with Gasteiger partial charge in [-0.2, -0.15) is 0 Å². The lowest BCUT2D eigenvalue weighted by molar-refractivity contribution is 0.407. The molecule has 20 heavy (non-hydrogen) atoms. The molecular formula is C18H32N2. The molecule has 0 radical (unpaired) electrons. The van der Waals surface area contributed by atoms with Gasteiger partial charge in [0, 0.05) is 0 Å². The normalized spacial score (nSPS) is 13.7. The summed E-state index contributed by atoms with van der Waals surface area (Å²) in [5.41, 5.74) is 15.9. The summed E-state index contributed by atoms with van der Waals surface area (Å²) in [7, 11) is 0. The molecular weight excluding hydrogens is 244 g/mol. The monoisotopic (exact) mass is 276 g/mol. The van der Waals surface area contributed by atoms with Crippen LogP contribution < -0.4 is 11.5 Å². The Morgan fingerprint density at radius 3 is 1.80 bits per heavy atom. The van der Waals surface area contributed by atoms with Crippen LogP contribution in [0.3, 0.4) is 0 Å². The van der Waals surface area contributed by atoms with Gasteiger partial charge in [0.2, 0.25) is 0 Å². The number of benzene rings is 1. The fourth-order valence-corrected chi connectivity index (χ4v) is 2.59. The van der Waals surface area contributed by atoms with Crippen LogP contribution in [-0.2, 0) is 16.5 Å². The topological polar surface area (TPSA) is 52.0 Å². The van der Waals surface area contributed by atoms with E-state index in [9.17, 15) is 0 Å². The highest BCUT2D eigenvalue weighted by Gasteiger charge is 2.30. The molecule has 0 aliphatic rings. The molecule has 0 aliphatic heterocycles. The van der Waals surface area contributed by atoms with Crippen molar-refractivity contribution in [1.29, 1.82) is 0 Å². The van der Waals surface area contributed by atoms with Gasteiger partial charge in [-0.25, -0.2) is 0 Å². The molecule has 0 heterocycles. The van der Waals surface area contributed by atoms with Crippen molar-refractivity contribution in [3.63, 3.8) is 0 Å². The van der Waals surface area contributed by atoms with E-state index in [0.29, 0.717) is 0 Å². The van der Waals surface area contributed by atoms with Crippen LogP contribution in [0.4, 0.5) is 0 Å². The van der Waals surface area contributed by atoms with Crippen molar-refractivity contribution in [3.05, 3.63) is 34.9 Å². The van der Waals surface area contributed by atoms with Gasteiger partial charge in [-0.1, -0.05) is 73.1 Å². The molecule has 0 unspecified atom stereocenters. The largest absolute Gasteiger partial charge is 0.310 e. The number of nitrogens with two attached hydrogens (primary N) is 2. The molecule has 0 aliphatic carbocycles. The quantitative estimate of drug-likeness (QED) is 0.815. The first-order valence-electron chi connectivity index (χ1n) is 7.63. The standard InChI is InChI=1S/C18H32N2/c1-8-11-18(19,20)14-10-9-13(16(2,3)4)12-15(14)17(5,6)7/h9-10,12H,8,11,19-20H2,1-7H3. The number of hydrogen-bond acceptors (Lipinski definition) is 2. The Kier molecular flexibility index (Phi) is 4.72. The third-order valence-electron chi connectivity index (χ3n) is 3.86. The van der Waals surface area contributed by atoms with Gasteiger partial charge in [-0.05, 0) is 33.9 Å². The van der Waals surface area contributed by atoms with E-state index in [4.69, 9.17) is 11.5 Å². The maximum atomic E-state index is 6.38. The average molecular weight is 276 g/mol. The number of rotatable bonds is 3. The van der Waals surface area contributed by atoms with Gasteiger partial charge in [0.25, 0.3) is 0 Å². The molecule has 1 aromatic rings. The maximum Gasteiger partial charge on any atom is 0.0902 e. The summed E-state index contributed by atoms with van der Waals surface area (Å²) in [6.07, 6.45) is 1.78. The molecule has 0 amide bonds. The van der Waals surface area contributed by atoms with Gasteiger partial charge >= 0.3 is 0 Å². The van der Waals surface area contributed by atoms with Crippen LogP contribution in [0, 0.1) is 0 Å². The van der Waals surface area contributed by atoms with Crippen LogP contribution in [0.2, 0.25) is 0 Å². The first-order valence-corrected chi connectivity index (χ1v) is 7.63. The van der Waals surface area contributed by atoms with E-state index in [1.807, 2.05) is 0 Å². The fourth-order valence-electron chi connectivity index (χ4n) is 2.59. The van der Waals surface area contributed by atoms with Crippen LogP contribution in [0.15, 0.2) is 18.2 Å². The molecule has 0 fully saturated rings. The highest BCUT2D eigenvalue weighted by Crippen LogP contribution is 2.35. The average Bonchev–Trinajstić information content (AvgIpc) is 2.25. The highest BCUT2D eigenvalue weighted by atomic mass is 15.0. The molecule has 114 valence electrons. The lowest BCUT2D eigenvalue weighted by Crippen LogP contribution is -2.47. The van der Waals surface area contributed by atoms with Gasteiger partial charge < -0.3 is 11.5 Å². The number of hydrogen-bond donors (Lipinski definition) is 2. The minimum Gasteiger partial charge on any atom is -0.310 e. The zero-order valence-electron chi connectivity index (χ0n) is 14.3. The van der Waals surface area contributed by atoms with Crippen LogP contribution >= 0.6 is 0 Å². The van der Waals surface area contributed by atoms with Crippen LogP contribution in [0.5, 0.6) is 0 Å². The second kappa shape index (κ2) is 5.50. The van der Waals surface area contributed by atoms with E-state index in [-0.39, 0.29) is 10.8 Å². The Balaban J connectivity index is 3.47. The Morgan fingerprint density at radius 1 is 0.850 bits per heavy atom. The molecule has 0 saturated heterocycles. The summed E-state index contributed by atoms with van der Waals surface area (Å²) in [6.45, 7) is 15.5. The lowest BCUT2D eigenvalue weighted by atomic mass is 9.75. The van der Waals surface area contributed by atoms with Crippen molar-refractivity contribution in [3.8, 4) is 0 Å². The van der Waals surface area contributed by atoms with Gasteiger partial charge in [-0.15, -0.1) is 0 Å². The second-order valence-electron chi connectivity index (χ2n) is 8.05. The minimum absolute atomic E-state index is 0.0360. The third kappa shape index (κ3) is 3.83. The van der Waals surface area contributed by atoms with Crippen LogP contribution in [0.25, 0.3) is 0 Å². The highest BCUT2D eigenvalue weighted by molar-refractivity contribution is 5.42. The van der Waals surface area contributed by atoms with Gasteiger partial charge in [0.15, 0.2) is 0 Å². The second-order valence-corrected chi connectivity index (χ2v) is 8.05. The van der Waals surface area contributed by atoms with Gasteiger partial charge in [0.1, 0.15) is 0 Å². The van der Waals surface area contributed by atoms with Crippen molar-refractivity contribution < 1.29 is 0 Å². The lowest BCUT2D eigenvalue weighted by Gasteiger charge is -2.34. The molecule has 0 aromatic heterocycles. The summed E-state index contributed by atoms with van der Waals surface area (Å²) in [6, 6.07) is 6.60. The van der Waals surface area contributed by atoms with E-state index in [2.05, 4.69) is 66.7 Å². The SMILES string of the molecule is CCCC(N)(N)c1ccc(C(C)(C)C)cc1C(C)(C)C. The Bertz CT molecular complexity index is 459. The van der Waals surface area contributed by atoms with E-state index in [1.165, 1.54) is 11.1 Å². The van der Waals surface area contributed by atoms with Gasteiger partial charge in [-0.3, -0.25) is 0 Å². The summed E-state index contributed by atoms with van der Waals surface area (Å²) < 4.78 is 0. The Hall–Kier alpha value is -0.860. The zero-order chi connectivity index (χ0) is 15.8. The summed E-state index contributed by atoms with van der Waals surface area (Å²) in [5.74, 6) is 0. The molecule has 0 spiro atoms. The smallest absolute Gasteiger partial charge is 0.0902 e. The van der Waals surface area contributed by atoms with E-state index in [1.54, 1.807) is 0 Å². The van der Waals surface area contributed by atoms with Gasteiger partial charge in [0.05, 0.1) is 5.66 Å². The maximum absolute atomic E-state index is 6.38. The molecule has 1 aromatic carbocycles. The molecule has 0 bridgehead atoms. The first kappa shape index (κ1) is 17.2. The molecule has 0 saturated carbocycles. The molecule has 0 atom stereocenters. The summed E-state index contributed by atoms with van der Waals surface area (Å²) in [4.78, 5) is 0. The van der Waals surface area contributed by atoms with Crippen molar-refractivity contribution in [1.82, 2.24) is 0 Å². The Morgan fingerprint density at radius 2 is 1.40 bits per heavy atom. The molecule has 1 rings (SSSR count). The zero-order valence-corrected chi connectivity index (χ0v) is 14.3. The van der Waals surface area contributed by atoms with Crippen LogP contribution in [0.1, 0.15) is 78.0 Å². The van der Waals surface area contributed by atoms with E-state index >= 15 is 0 Å². The predicted molar refractivity (Wildman–Crippen MR) is 88.8 cm³/mol. The van der Waals surface area contributed by atoms with Crippen molar-refractivity contribution in [2.75, 3.05) is 0 Å². The predicted octanol–water partition coefficient (Wildman–Crippen LogP) is 4.15. The summed E-state index contributed by atoms with van der Waals surface area (Å²) >= 11 is 0. The fraction of sp³-hybridized carbons (Fsp3) is 0.667. The molecule has 4 N–H and O–H groups in total. The third-order valence-corrected chi connectivity index (χ3v) is 3.86. The van der Waals surface area contributed by atoms with E-state index < -0.39 is 5.66 Å². The van der Waals surface area contributed by atoms with E-state index in [0.717, 1.165) is 18.4 Å².